The summed E-state index contributed by atoms with van der Waals surface area (Å²) >= 11 is 0. The zero-order chi connectivity index (χ0) is 27.5. The molecule has 0 saturated carbocycles. The quantitative estimate of drug-likeness (QED) is 0.212. The van der Waals surface area contributed by atoms with Crippen LogP contribution in [0.3, 0.4) is 0 Å². The molecule has 39 heavy (non-hydrogen) atoms. The maximum atomic E-state index is 12.0. The first-order valence-corrected chi connectivity index (χ1v) is 13.0. The van der Waals surface area contributed by atoms with E-state index in [1.54, 1.807) is 12.1 Å². The van der Waals surface area contributed by atoms with Gasteiger partial charge in [0.05, 0.1) is 13.2 Å². The first-order valence-electron chi connectivity index (χ1n) is 13.0. The zero-order valence-electron chi connectivity index (χ0n) is 22.2. The molecular formula is C28H33N7O4. The fraction of sp³-hybridized carbons (Fsp3) is 0.357. The number of hydrogen-bond donors (Lipinski definition) is 3. The highest BCUT2D eigenvalue weighted by Crippen LogP contribution is 2.15. The lowest BCUT2D eigenvalue weighted by molar-refractivity contribution is 0.159. The number of carbonyl (C=O) groups is 2. The van der Waals surface area contributed by atoms with Crippen molar-refractivity contribution >= 4 is 45.9 Å². The van der Waals surface area contributed by atoms with Gasteiger partial charge < -0.3 is 14.8 Å². The molecule has 4 heterocycles. The van der Waals surface area contributed by atoms with Crippen molar-refractivity contribution < 1.29 is 19.1 Å². The summed E-state index contributed by atoms with van der Waals surface area (Å²) in [5, 5.41) is 10.4. The monoisotopic (exact) mass is 531 g/mol. The molecule has 11 heteroatoms. The molecule has 0 aromatic carbocycles. The SMILES string of the molecule is Cc1ccc2ccc(NC(=O)OCCCCNCCCCOC(=O)Nc3ccc4ccc(C)nc4n3)nc2n1. The lowest BCUT2D eigenvalue weighted by Gasteiger charge is -2.08. The number of amides is 2. The van der Waals surface area contributed by atoms with Crippen LogP contribution in [0.25, 0.3) is 22.1 Å². The number of unbranched alkanes of at least 4 members (excludes halogenated alkanes) is 2. The summed E-state index contributed by atoms with van der Waals surface area (Å²) in [4.78, 5) is 41.4. The second-order valence-electron chi connectivity index (χ2n) is 9.08. The van der Waals surface area contributed by atoms with Crippen LogP contribution >= 0.6 is 0 Å². The molecule has 0 bridgehead atoms. The van der Waals surface area contributed by atoms with Gasteiger partial charge in [-0.3, -0.25) is 10.6 Å². The smallest absolute Gasteiger partial charge is 0.412 e. The lowest BCUT2D eigenvalue weighted by Crippen LogP contribution is -2.19. The Bertz CT molecular complexity index is 1320. The predicted molar refractivity (Wildman–Crippen MR) is 150 cm³/mol. The van der Waals surface area contributed by atoms with Gasteiger partial charge >= 0.3 is 12.2 Å². The first kappa shape index (κ1) is 27.6. The molecule has 11 nitrogen and oxygen atoms in total. The minimum absolute atomic E-state index is 0.323. The standard InChI is InChI=1S/C28H33N7O4/c1-19-7-9-21-11-13-23(32-25(21)30-19)34-27(36)38-17-5-3-15-29-16-4-6-18-39-28(37)35-24-14-12-22-10-8-20(2)31-26(22)33-24/h7-14,29H,3-6,15-18H2,1-2H3,(H,30,32,34,36)(H,31,33,35,37). The van der Waals surface area contributed by atoms with Crippen LogP contribution in [0.1, 0.15) is 37.1 Å². The molecule has 2 amide bonds. The van der Waals surface area contributed by atoms with Crippen molar-refractivity contribution in [3.8, 4) is 0 Å². The van der Waals surface area contributed by atoms with Crippen LogP contribution in [0.2, 0.25) is 0 Å². The minimum atomic E-state index is -0.533. The number of rotatable bonds is 12. The van der Waals surface area contributed by atoms with Crippen LogP contribution in [0.15, 0.2) is 48.5 Å². The topological polar surface area (TPSA) is 140 Å². The number of aromatic nitrogens is 4. The Labute approximate surface area is 226 Å². The molecule has 3 N–H and O–H groups in total. The summed E-state index contributed by atoms with van der Waals surface area (Å²) in [7, 11) is 0. The van der Waals surface area contributed by atoms with Gasteiger partial charge in [0.2, 0.25) is 0 Å². The second-order valence-corrected chi connectivity index (χ2v) is 9.08. The Morgan fingerprint density at radius 2 is 1.05 bits per heavy atom. The summed E-state index contributed by atoms with van der Waals surface area (Å²) < 4.78 is 10.5. The van der Waals surface area contributed by atoms with E-state index in [1.807, 2.05) is 50.2 Å². The van der Waals surface area contributed by atoms with E-state index in [9.17, 15) is 9.59 Å². The Balaban J connectivity index is 0.995. The Hall–Kier alpha value is -4.38. The van der Waals surface area contributed by atoms with Crippen molar-refractivity contribution in [3.63, 3.8) is 0 Å². The van der Waals surface area contributed by atoms with Gasteiger partial charge in [-0.05, 0) is 101 Å². The number of carbonyl (C=O) groups excluding carboxylic acids is 2. The average Bonchev–Trinajstić information content (AvgIpc) is 2.91. The van der Waals surface area contributed by atoms with Gasteiger partial charge in [-0.25, -0.2) is 29.5 Å². The van der Waals surface area contributed by atoms with E-state index in [2.05, 4.69) is 35.9 Å². The Morgan fingerprint density at radius 3 is 1.51 bits per heavy atom. The number of aryl methyl sites for hydroxylation is 2. The van der Waals surface area contributed by atoms with Crippen molar-refractivity contribution in [2.45, 2.75) is 39.5 Å². The van der Waals surface area contributed by atoms with E-state index in [0.29, 0.717) is 36.1 Å². The van der Waals surface area contributed by atoms with Crippen molar-refractivity contribution in [1.29, 1.82) is 0 Å². The van der Waals surface area contributed by atoms with Crippen LogP contribution in [0, 0.1) is 13.8 Å². The maximum absolute atomic E-state index is 12.0. The molecule has 0 aliphatic heterocycles. The van der Waals surface area contributed by atoms with Crippen LogP contribution in [-0.2, 0) is 9.47 Å². The molecule has 0 aliphatic carbocycles. The van der Waals surface area contributed by atoms with Crippen molar-refractivity contribution in [2.75, 3.05) is 36.9 Å². The molecule has 204 valence electrons. The fourth-order valence-corrected chi connectivity index (χ4v) is 3.77. The maximum Gasteiger partial charge on any atom is 0.412 e. The van der Waals surface area contributed by atoms with E-state index < -0.39 is 12.2 Å². The molecule has 0 unspecified atom stereocenters. The first-order chi connectivity index (χ1) is 19.0. The zero-order valence-corrected chi connectivity index (χ0v) is 22.2. The number of anilines is 2. The van der Waals surface area contributed by atoms with Gasteiger partial charge in [-0.1, -0.05) is 0 Å². The third kappa shape index (κ3) is 8.85. The summed E-state index contributed by atoms with van der Waals surface area (Å²) in [6.45, 7) is 6.05. The molecule has 0 saturated heterocycles. The van der Waals surface area contributed by atoms with E-state index in [0.717, 1.165) is 60.9 Å². The van der Waals surface area contributed by atoms with Gasteiger partial charge in [0, 0.05) is 22.2 Å². The molecule has 4 aromatic heterocycles. The largest absolute Gasteiger partial charge is 0.449 e. The Morgan fingerprint density at radius 1 is 0.615 bits per heavy atom. The van der Waals surface area contributed by atoms with E-state index in [1.165, 1.54) is 0 Å². The van der Waals surface area contributed by atoms with E-state index in [-0.39, 0.29) is 0 Å². The van der Waals surface area contributed by atoms with Gasteiger partial charge in [0.15, 0.2) is 11.3 Å². The third-order valence-electron chi connectivity index (χ3n) is 5.81. The molecule has 0 spiro atoms. The molecule has 4 aromatic rings. The van der Waals surface area contributed by atoms with Crippen LogP contribution < -0.4 is 16.0 Å². The van der Waals surface area contributed by atoms with E-state index >= 15 is 0 Å². The highest BCUT2D eigenvalue weighted by molar-refractivity contribution is 5.86. The normalized spacial score (nSPS) is 10.9. The third-order valence-corrected chi connectivity index (χ3v) is 5.81. The number of fused-ring (bicyclic) bond motifs is 2. The van der Waals surface area contributed by atoms with Crippen LogP contribution in [0.4, 0.5) is 21.2 Å². The van der Waals surface area contributed by atoms with Gasteiger partial charge in [0.1, 0.15) is 11.6 Å². The van der Waals surface area contributed by atoms with Crippen LogP contribution in [0.5, 0.6) is 0 Å². The lowest BCUT2D eigenvalue weighted by atomic mass is 10.2. The highest BCUT2D eigenvalue weighted by atomic mass is 16.6. The van der Waals surface area contributed by atoms with Gasteiger partial charge in [-0.2, -0.15) is 0 Å². The average molecular weight is 532 g/mol. The fourth-order valence-electron chi connectivity index (χ4n) is 3.77. The van der Waals surface area contributed by atoms with Gasteiger partial charge in [-0.15, -0.1) is 0 Å². The van der Waals surface area contributed by atoms with E-state index in [4.69, 9.17) is 9.47 Å². The second kappa shape index (κ2) is 14.0. The summed E-state index contributed by atoms with van der Waals surface area (Å²) in [5.41, 5.74) is 2.89. The molecule has 0 atom stereocenters. The molecule has 0 aliphatic rings. The number of ether oxygens (including phenoxy) is 2. The summed E-state index contributed by atoms with van der Waals surface area (Å²) in [6, 6.07) is 14.9. The number of hydrogen-bond acceptors (Lipinski definition) is 9. The highest BCUT2D eigenvalue weighted by Gasteiger charge is 2.07. The van der Waals surface area contributed by atoms with Crippen LogP contribution in [-0.4, -0.2) is 58.4 Å². The number of nitrogens with zero attached hydrogens (tertiary/aromatic N) is 4. The number of nitrogens with one attached hydrogen (secondary N) is 3. The summed E-state index contributed by atoms with van der Waals surface area (Å²) in [5.74, 6) is 0.818. The molecule has 0 fully saturated rings. The molecule has 4 rings (SSSR count). The Kier molecular flexibility index (Phi) is 9.90. The van der Waals surface area contributed by atoms with Crippen molar-refractivity contribution in [2.24, 2.45) is 0 Å². The van der Waals surface area contributed by atoms with Crippen molar-refractivity contribution in [1.82, 2.24) is 25.3 Å². The van der Waals surface area contributed by atoms with Crippen molar-refractivity contribution in [3.05, 3.63) is 59.9 Å². The molecule has 0 radical (unpaired) electrons. The number of pyridine rings is 4. The van der Waals surface area contributed by atoms with Gasteiger partial charge in [0.25, 0.3) is 0 Å². The molecular weight excluding hydrogens is 498 g/mol. The minimum Gasteiger partial charge on any atom is -0.449 e. The summed E-state index contributed by atoms with van der Waals surface area (Å²) in [6.07, 6.45) is 2.17. The predicted octanol–water partition coefficient (Wildman–Crippen LogP) is 5.14.